The lowest BCUT2D eigenvalue weighted by atomic mass is 10.0. The highest BCUT2D eigenvalue weighted by Gasteiger charge is 2.68. The summed E-state index contributed by atoms with van der Waals surface area (Å²) in [6.45, 7) is 8.69. The number of nitrogens with one attached hydrogen (secondary N) is 2. The maximum absolute atomic E-state index is 15.9. The van der Waals surface area contributed by atoms with Gasteiger partial charge in [-0.3, -0.25) is 9.59 Å². The van der Waals surface area contributed by atoms with Gasteiger partial charge in [-0.15, -0.1) is 23.2 Å². The highest BCUT2D eigenvalue weighted by Crippen LogP contribution is 2.65. The van der Waals surface area contributed by atoms with E-state index in [-0.39, 0.29) is 32.8 Å². The Morgan fingerprint density at radius 3 is 1.92 bits per heavy atom. The van der Waals surface area contributed by atoms with Crippen molar-refractivity contribution in [3.63, 3.8) is 0 Å². The summed E-state index contributed by atoms with van der Waals surface area (Å²) in [6.07, 6.45) is -7.86. The van der Waals surface area contributed by atoms with Crippen molar-refractivity contribution >= 4 is 75.9 Å². The lowest BCUT2D eigenvalue weighted by Gasteiger charge is -2.29. The van der Waals surface area contributed by atoms with Gasteiger partial charge in [0.15, 0.2) is 11.6 Å². The Morgan fingerprint density at radius 2 is 1.38 bits per heavy atom. The maximum Gasteiger partial charge on any atom is 0.424 e. The number of nitrogens with zero attached hydrogens (tertiary/aromatic N) is 1. The van der Waals surface area contributed by atoms with E-state index in [1.165, 1.54) is 53.7 Å². The molecule has 1 aliphatic rings. The predicted octanol–water partition coefficient (Wildman–Crippen LogP) is 10.2. The van der Waals surface area contributed by atoms with Gasteiger partial charge in [-0.1, -0.05) is 11.6 Å². The van der Waals surface area contributed by atoms with Crippen LogP contribution >= 0.6 is 34.8 Å². The third-order valence-electron chi connectivity index (χ3n) is 7.11. The number of hydrogen-bond donors (Lipinski definition) is 2. The minimum atomic E-state index is -4.89. The molecule has 0 radical (unpaired) electrons. The second-order valence-electron chi connectivity index (χ2n) is 13.6. The minimum absolute atomic E-state index is 0.00658. The molecule has 3 aromatic carbocycles. The summed E-state index contributed by atoms with van der Waals surface area (Å²) in [5, 5.41) is 4.37. The fourth-order valence-electron chi connectivity index (χ4n) is 4.92. The third-order valence-corrected chi connectivity index (χ3v) is 8.38. The number of benzene rings is 3. The number of anilines is 3. The number of carbonyl (C=O) groups excluding carboxylic acids is 4. The van der Waals surface area contributed by atoms with E-state index in [0.717, 1.165) is 18.2 Å². The van der Waals surface area contributed by atoms with Crippen LogP contribution in [-0.4, -0.2) is 39.5 Å². The van der Waals surface area contributed by atoms with Gasteiger partial charge >= 0.3 is 18.4 Å². The van der Waals surface area contributed by atoms with E-state index in [1.54, 1.807) is 0 Å². The summed E-state index contributed by atoms with van der Waals surface area (Å²) >= 11 is 18.7. The SMILES string of the molecule is CC(C)(C)OC(=O)N(C(=O)OC(C)(C)C)c1c(F)ccc(NC(=O)c2cc(NC(=O)[C@H]3C(c4cc(F)cc(C(F)(F)F)c4)C3(Cl)Cl)ccc2Cl)c1F. The van der Waals surface area contributed by atoms with Crippen LogP contribution in [0.4, 0.5) is 53.0 Å². The minimum Gasteiger partial charge on any atom is -0.443 e. The van der Waals surface area contributed by atoms with Crippen molar-refractivity contribution < 1.29 is 55.0 Å². The lowest BCUT2D eigenvalue weighted by molar-refractivity contribution is -0.137. The fourth-order valence-corrected chi connectivity index (χ4v) is 5.96. The predicted molar refractivity (Wildman–Crippen MR) is 181 cm³/mol. The van der Waals surface area contributed by atoms with E-state index < -0.39 is 91.9 Å². The van der Waals surface area contributed by atoms with Crippen molar-refractivity contribution in [1.29, 1.82) is 0 Å². The average Bonchev–Trinajstić information content (AvgIpc) is 3.56. The number of ether oxygens (including phenoxy) is 2. The van der Waals surface area contributed by atoms with Gasteiger partial charge in [-0.25, -0.2) is 22.8 Å². The monoisotopic (exact) mass is 795 g/mol. The molecule has 0 bridgehead atoms. The van der Waals surface area contributed by atoms with Crippen molar-refractivity contribution in [2.24, 2.45) is 5.92 Å². The molecule has 4 rings (SSSR count). The van der Waals surface area contributed by atoms with Crippen LogP contribution in [0.25, 0.3) is 0 Å². The van der Waals surface area contributed by atoms with Gasteiger partial charge in [0.05, 0.1) is 27.8 Å². The van der Waals surface area contributed by atoms with Crippen LogP contribution in [0.2, 0.25) is 5.02 Å². The number of alkyl halides is 5. The van der Waals surface area contributed by atoms with E-state index in [0.29, 0.717) is 12.1 Å². The highest BCUT2D eigenvalue weighted by molar-refractivity contribution is 6.53. The smallest absolute Gasteiger partial charge is 0.424 e. The summed E-state index contributed by atoms with van der Waals surface area (Å²) in [7, 11) is 0. The molecule has 0 heterocycles. The topological polar surface area (TPSA) is 114 Å². The van der Waals surface area contributed by atoms with Crippen LogP contribution in [0, 0.1) is 23.4 Å². The third kappa shape index (κ3) is 9.22. The zero-order valence-corrected chi connectivity index (χ0v) is 30.3. The number of imide groups is 1. The standard InChI is InChI=1S/C34H30Cl3F6N3O6/c1-31(2,3)51-29(49)46(30(50)52-32(4,5)6)26-21(39)9-10-22(25(26)40)45-27(47)19-14-18(7-8-20(19)35)44-28(48)24-23(33(24,36)37)15-11-16(34(41,42)43)13-17(38)12-15/h7-14,23-24H,1-6H3,(H,44,48)(H,45,47)/t23?,24-/m1/s1. The Kier molecular flexibility index (Phi) is 11.2. The molecule has 0 saturated heterocycles. The van der Waals surface area contributed by atoms with E-state index >= 15 is 8.78 Å². The van der Waals surface area contributed by atoms with Crippen molar-refractivity contribution in [3.8, 4) is 0 Å². The molecule has 2 N–H and O–H groups in total. The van der Waals surface area contributed by atoms with Gasteiger partial charge in [-0.05, 0) is 95.6 Å². The van der Waals surface area contributed by atoms with Gasteiger partial charge in [0.2, 0.25) is 5.91 Å². The summed E-state index contributed by atoms with van der Waals surface area (Å²) in [5.41, 5.74) is -6.39. The maximum atomic E-state index is 15.9. The summed E-state index contributed by atoms with van der Waals surface area (Å²) in [6, 6.07) is 6.63. The van der Waals surface area contributed by atoms with E-state index in [9.17, 15) is 36.7 Å². The summed E-state index contributed by atoms with van der Waals surface area (Å²) in [5.74, 6) is -8.78. The highest BCUT2D eigenvalue weighted by atomic mass is 35.5. The summed E-state index contributed by atoms with van der Waals surface area (Å²) < 4.78 is 93.4. The number of halogens is 9. The first-order chi connectivity index (χ1) is 23.7. The zero-order valence-electron chi connectivity index (χ0n) is 28.1. The molecule has 9 nitrogen and oxygen atoms in total. The Labute approximate surface area is 308 Å². The van der Waals surface area contributed by atoms with E-state index in [4.69, 9.17) is 44.3 Å². The molecule has 4 amide bonds. The van der Waals surface area contributed by atoms with Crippen LogP contribution in [0.5, 0.6) is 0 Å². The first kappa shape index (κ1) is 40.6. The van der Waals surface area contributed by atoms with Crippen molar-refractivity contribution in [1.82, 2.24) is 0 Å². The van der Waals surface area contributed by atoms with Gasteiger partial charge < -0.3 is 20.1 Å². The molecule has 0 spiro atoms. The van der Waals surface area contributed by atoms with Gasteiger partial charge in [0.25, 0.3) is 5.91 Å². The Morgan fingerprint density at radius 1 is 0.808 bits per heavy atom. The molecule has 52 heavy (non-hydrogen) atoms. The molecule has 18 heteroatoms. The van der Waals surface area contributed by atoms with Crippen molar-refractivity contribution in [2.45, 2.75) is 69.2 Å². The Hall–Kier alpha value is -4.21. The normalized spacial score (nSPS) is 16.8. The number of hydrogen-bond acceptors (Lipinski definition) is 6. The Bertz CT molecular complexity index is 1920. The molecule has 1 aliphatic carbocycles. The zero-order chi connectivity index (χ0) is 39.3. The molecule has 1 fully saturated rings. The first-order valence-corrected chi connectivity index (χ1v) is 16.3. The van der Waals surface area contributed by atoms with Crippen LogP contribution in [0.15, 0.2) is 48.5 Å². The van der Waals surface area contributed by atoms with Gasteiger partial charge in [-0.2, -0.15) is 18.1 Å². The molecule has 0 aromatic heterocycles. The van der Waals surface area contributed by atoms with Crippen LogP contribution in [0.1, 0.15) is 68.9 Å². The van der Waals surface area contributed by atoms with Crippen molar-refractivity contribution in [2.75, 3.05) is 15.5 Å². The fraction of sp³-hybridized carbons (Fsp3) is 0.353. The number of amides is 4. The molecule has 2 atom stereocenters. The molecule has 3 aromatic rings. The van der Waals surface area contributed by atoms with Crippen LogP contribution in [0.3, 0.4) is 0 Å². The molecular weight excluding hydrogens is 767 g/mol. The second-order valence-corrected chi connectivity index (χ2v) is 15.4. The average molecular weight is 797 g/mol. The first-order valence-electron chi connectivity index (χ1n) is 15.1. The van der Waals surface area contributed by atoms with Gasteiger partial charge in [0.1, 0.15) is 27.0 Å². The number of carbonyl (C=O) groups is 4. The molecule has 0 aliphatic heterocycles. The lowest BCUT2D eigenvalue weighted by Crippen LogP contribution is -2.44. The largest absolute Gasteiger partial charge is 0.443 e. The van der Waals surface area contributed by atoms with E-state index in [2.05, 4.69) is 10.6 Å². The second kappa shape index (κ2) is 14.3. The summed E-state index contributed by atoms with van der Waals surface area (Å²) in [4.78, 5) is 52.6. The number of rotatable bonds is 6. The van der Waals surface area contributed by atoms with Gasteiger partial charge in [0, 0.05) is 11.6 Å². The quantitative estimate of drug-likeness (QED) is 0.190. The molecule has 280 valence electrons. The van der Waals surface area contributed by atoms with Crippen LogP contribution < -0.4 is 15.5 Å². The Balaban J connectivity index is 1.60. The van der Waals surface area contributed by atoms with Crippen molar-refractivity contribution in [3.05, 3.63) is 87.7 Å². The molecule has 1 saturated carbocycles. The molecule has 1 unspecified atom stereocenters. The molecular formula is C34H30Cl3F6N3O6. The van der Waals surface area contributed by atoms with Crippen LogP contribution in [-0.2, 0) is 20.4 Å². The van der Waals surface area contributed by atoms with E-state index in [1.807, 2.05) is 0 Å².